The van der Waals surface area contributed by atoms with E-state index in [1.807, 2.05) is 32.3 Å². The van der Waals surface area contributed by atoms with Crippen molar-refractivity contribution in [1.29, 1.82) is 0 Å². The zero-order chi connectivity index (χ0) is 18.9. The minimum absolute atomic E-state index is 0. The highest BCUT2D eigenvalue weighted by atomic mass is 19.1. The second-order valence-electron chi connectivity index (χ2n) is 6.50. The van der Waals surface area contributed by atoms with Crippen molar-refractivity contribution in [3.05, 3.63) is 65.5 Å². The highest BCUT2D eigenvalue weighted by Crippen LogP contribution is 2.12. The lowest BCUT2D eigenvalue weighted by Gasteiger charge is -2.25. The maximum absolute atomic E-state index is 13.1. The number of likely N-dealkylation sites (N-methyl/N-ethyl adjacent to an activating group) is 1. The molecule has 0 spiro atoms. The summed E-state index contributed by atoms with van der Waals surface area (Å²) in [5.74, 6) is -0.0269. The number of hydrogen-bond acceptors (Lipinski definition) is 3. The highest BCUT2D eigenvalue weighted by Gasteiger charge is 2.13. The quantitative estimate of drug-likeness (QED) is 0.664. The van der Waals surface area contributed by atoms with Crippen LogP contribution in [-0.4, -0.2) is 49.3 Å². The van der Waals surface area contributed by atoms with E-state index in [0.717, 1.165) is 17.5 Å². The Balaban J connectivity index is 0.00000364. The molecule has 0 saturated carbocycles. The first kappa shape index (κ1) is 22.4. The molecule has 2 aromatic rings. The Hall–Kier alpha value is -2.60. The molecular formula is C21H30FN3O2. The average molecular weight is 375 g/mol. The smallest absolute Gasteiger partial charge is 0.314 e. The summed E-state index contributed by atoms with van der Waals surface area (Å²) in [7, 11) is 3.93. The Morgan fingerprint density at radius 1 is 1.11 bits per heavy atom. The van der Waals surface area contributed by atoms with E-state index < -0.39 is 0 Å². The highest BCUT2D eigenvalue weighted by molar-refractivity contribution is 5.73. The summed E-state index contributed by atoms with van der Waals surface area (Å²) in [4.78, 5) is 14.0. The lowest BCUT2D eigenvalue weighted by molar-refractivity contribution is 0.232. The van der Waals surface area contributed by atoms with Crippen molar-refractivity contribution in [3.63, 3.8) is 0 Å². The number of hydrogen-bond donors (Lipinski definition) is 3. The molecule has 0 aliphatic heterocycles. The van der Waals surface area contributed by atoms with Crippen molar-refractivity contribution >= 4 is 6.03 Å². The van der Waals surface area contributed by atoms with Gasteiger partial charge in [-0.25, -0.2) is 9.18 Å². The first-order valence-electron chi connectivity index (χ1n) is 8.64. The van der Waals surface area contributed by atoms with E-state index in [9.17, 15) is 14.3 Å². The second-order valence-corrected chi connectivity index (χ2v) is 6.50. The van der Waals surface area contributed by atoms with E-state index >= 15 is 0 Å². The molecule has 148 valence electrons. The Labute approximate surface area is 161 Å². The number of phenols is 1. The number of carbonyl (C=O) groups excluding carboxylic acids is 1. The number of nitrogens with zero attached hydrogens (tertiary/aromatic N) is 1. The predicted octanol–water partition coefficient (Wildman–Crippen LogP) is 3.18. The van der Waals surface area contributed by atoms with E-state index in [1.165, 1.54) is 12.1 Å². The van der Waals surface area contributed by atoms with Gasteiger partial charge >= 0.3 is 6.03 Å². The van der Waals surface area contributed by atoms with Crippen LogP contribution in [0.2, 0.25) is 0 Å². The van der Waals surface area contributed by atoms with Gasteiger partial charge in [0, 0.05) is 19.1 Å². The van der Waals surface area contributed by atoms with Crippen molar-refractivity contribution in [2.24, 2.45) is 0 Å². The molecule has 0 saturated heterocycles. The predicted molar refractivity (Wildman–Crippen MR) is 108 cm³/mol. The lowest BCUT2D eigenvalue weighted by Crippen LogP contribution is -2.45. The summed E-state index contributed by atoms with van der Waals surface area (Å²) in [6.45, 7) is 0.944. The second kappa shape index (κ2) is 11.2. The Bertz CT molecular complexity index is 705. The third-order valence-electron chi connectivity index (χ3n) is 4.22. The number of phenolic OH excluding ortho intramolecular Hbond substituents is 1. The van der Waals surface area contributed by atoms with E-state index in [4.69, 9.17) is 0 Å². The molecule has 3 N–H and O–H groups in total. The lowest BCUT2D eigenvalue weighted by atomic mass is 10.1. The van der Waals surface area contributed by atoms with Gasteiger partial charge < -0.3 is 20.6 Å². The third-order valence-corrected chi connectivity index (χ3v) is 4.22. The van der Waals surface area contributed by atoms with Crippen LogP contribution in [0.15, 0.2) is 48.5 Å². The Morgan fingerprint density at radius 3 is 2.44 bits per heavy atom. The number of benzene rings is 2. The number of urea groups is 1. The van der Waals surface area contributed by atoms with Crippen molar-refractivity contribution < 1.29 is 14.3 Å². The van der Waals surface area contributed by atoms with Crippen LogP contribution in [0.1, 0.15) is 18.6 Å². The molecule has 0 aliphatic rings. The molecule has 1 unspecified atom stereocenters. The molecule has 0 aliphatic carbocycles. The van der Waals surface area contributed by atoms with Crippen LogP contribution in [0.5, 0.6) is 5.75 Å². The normalized spacial score (nSPS) is 11.6. The number of rotatable bonds is 8. The summed E-state index contributed by atoms with van der Waals surface area (Å²) in [5, 5.41) is 15.0. The molecule has 0 aromatic heterocycles. The Kier molecular flexibility index (Phi) is 9.30. The summed E-state index contributed by atoms with van der Waals surface area (Å²) in [6, 6.07) is 13.3. The molecule has 27 heavy (non-hydrogen) atoms. The maximum Gasteiger partial charge on any atom is 0.314 e. The van der Waals surface area contributed by atoms with Gasteiger partial charge in [-0.3, -0.25) is 0 Å². The minimum Gasteiger partial charge on any atom is -0.508 e. The number of halogens is 1. The van der Waals surface area contributed by atoms with Crippen LogP contribution in [0, 0.1) is 5.82 Å². The van der Waals surface area contributed by atoms with Gasteiger partial charge in [-0.15, -0.1) is 0 Å². The molecule has 0 fully saturated rings. The van der Waals surface area contributed by atoms with Gasteiger partial charge in [-0.05, 0) is 62.3 Å². The first-order valence-corrected chi connectivity index (χ1v) is 8.64. The van der Waals surface area contributed by atoms with Gasteiger partial charge in [0.05, 0.1) is 0 Å². The fourth-order valence-electron chi connectivity index (χ4n) is 2.63. The van der Waals surface area contributed by atoms with Crippen LogP contribution < -0.4 is 10.6 Å². The van der Waals surface area contributed by atoms with Crippen LogP contribution in [0.3, 0.4) is 0 Å². The van der Waals surface area contributed by atoms with E-state index in [0.29, 0.717) is 19.5 Å². The third kappa shape index (κ3) is 8.09. The molecule has 0 bridgehead atoms. The summed E-state index contributed by atoms with van der Waals surface area (Å²) in [6.07, 6.45) is 1.34. The summed E-state index contributed by atoms with van der Waals surface area (Å²) >= 11 is 0. The van der Waals surface area contributed by atoms with Gasteiger partial charge in [0.2, 0.25) is 0 Å². The molecule has 6 heteroatoms. The van der Waals surface area contributed by atoms with Crippen LogP contribution in [-0.2, 0) is 12.8 Å². The van der Waals surface area contributed by atoms with Gasteiger partial charge in [-0.2, -0.15) is 0 Å². The van der Waals surface area contributed by atoms with Gasteiger partial charge in [0.25, 0.3) is 0 Å². The minimum atomic E-state index is -0.269. The summed E-state index contributed by atoms with van der Waals surface area (Å²) < 4.78 is 13.1. The standard InChI is InChI=1S/C20H26FN3O2.CH4/c1-24(2)18(13-16-6-8-19(25)9-7-16)14-23-20(26)22-11-10-15-4-3-5-17(21)12-15;/h3-9,12,18,25H,10-11,13-14H2,1-2H3,(H2,22,23,26);1H4. The van der Waals surface area contributed by atoms with E-state index in [1.54, 1.807) is 18.2 Å². The molecular weight excluding hydrogens is 345 g/mol. The van der Waals surface area contributed by atoms with Crippen LogP contribution in [0.25, 0.3) is 0 Å². The largest absolute Gasteiger partial charge is 0.508 e. The van der Waals surface area contributed by atoms with Gasteiger partial charge in [-0.1, -0.05) is 31.7 Å². The average Bonchev–Trinajstić information content (AvgIpc) is 2.60. The number of amides is 2. The fourth-order valence-corrected chi connectivity index (χ4v) is 2.63. The van der Waals surface area contributed by atoms with Crippen molar-refractivity contribution in [2.45, 2.75) is 26.3 Å². The van der Waals surface area contributed by atoms with Gasteiger partial charge in [0.1, 0.15) is 11.6 Å². The SMILES string of the molecule is C.CN(C)C(CNC(=O)NCCc1cccc(F)c1)Cc1ccc(O)cc1. The molecule has 2 aromatic carbocycles. The summed E-state index contributed by atoms with van der Waals surface area (Å²) in [5.41, 5.74) is 1.94. The topological polar surface area (TPSA) is 64.6 Å². The maximum atomic E-state index is 13.1. The fraction of sp³-hybridized carbons (Fsp3) is 0.381. The van der Waals surface area contributed by atoms with E-state index in [-0.39, 0.29) is 31.1 Å². The molecule has 0 heterocycles. The van der Waals surface area contributed by atoms with Crippen LogP contribution >= 0.6 is 0 Å². The van der Waals surface area contributed by atoms with Crippen molar-refractivity contribution in [3.8, 4) is 5.75 Å². The number of aromatic hydroxyl groups is 1. The number of nitrogens with one attached hydrogen (secondary N) is 2. The molecule has 2 amide bonds. The molecule has 1 atom stereocenters. The number of carbonyl (C=O) groups is 1. The molecule has 0 radical (unpaired) electrons. The van der Waals surface area contributed by atoms with Crippen LogP contribution in [0.4, 0.5) is 9.18 Å². The zero-order valence-corrected chi connectivity index (χ0v) is 15.2. The zero-order valence-electron chi connectivity index (χ0n) is 15.2. The first-order chi connectivity index (χ1) is 12.4. The Morgan fingerprint density at radius 2 is 1.81 bits per heavy atom. The van der Waals surface area contributed by atoms with Gasteiger partial charge in [0.15, 0.2) is 0 Å². The molecule has 5 nitrogen and oxygen atoms in total. The van der Waals surface area contributed by atoms with Crippen molar-refractivity contribution in [1.82, 2.24) is 15.5 Å². The monoisotopic (exact) mass is 375 g/mol. The molecule has 2 rings (SSSR count). The van der Waals surface area contributed by atoms with Crippen molar-refractivity contribution in [2.75, 3.05) is 27.2 Å². The van der Waals surface area contributed by atoms with E-state index in [2.05, 4.69) is 15.5 Å².